The van der Waals surface area contributed by atoms with E-state index in [0.717, 1.165) is 36.8 Å². The largest absolute Gasteiger partial charge is 0.334 e. The maximum Gasteiger partial charge on any atom is 0.255 e. The molecule has 108 valence electrons. The molecule has 1 unspecified atom stereocenters. The fourth-order valence-electron chi connectivity index (χ4n) is 2.75. The second-order valence-electron chi connectivity index (χ2n) is 5.61. The molecular formula is C15H18BrClN2O. The summed E-state index contributed by atoms with van der Waals surface area (Å²) in [5.74, 6) is 0.116. The number of carbonyl (C=O) groups excluding carboxylic acids is 1. The van der Waals surface area contributed by atoms with Crippen LogP contribution < -0.4 is 5.32 Å². The summed E-state index contributed by atoms with van der Waals surface area (Å²) in [6, 6.07) is 6.25. The quantitative estimate of drug-likeness (QED) is 0.895. The topological polar surface area (TPSA) is 32.3 Å². The number of hydrogen-bond acceptors (Lipinski definition) is 2. The van der Waals surface area contributed by atoms with Crippen LogP contribution in [0.1, 0.15) is 36.0 Å². The van der Waals surface area contributed by atoms with Crippen LogP contribution in [0.15, 0.2) is 22.7 Å². The number of nitrogens with one attached hydrogen (secondary N) is 1. The Morgan fingerprint density at radius 3 is 2.80 bits per heavy atom. The third kappa shape index (κ3) is 3.18. The van der Waals surface area contributed by atoms with Crippen molar-refractivity contribution in [3.63, 3.8) is 0 Å². The van der Waals surface area contributed by atoms with E-state index in [1.165, 1.54) is 6.42 Å². The molecule has 1 heterocycles. The molecule has 2 aliphatic rings. The zero-order chi connectivity index (χ0) is 14.1. The molecule has 0 radical (unpaired) electrons. The van der Waals surface area contributed by atoms with E-state index in [1.807, 2.05) is 11.0 Å². The standard InChI is InChI=1S/C15H18BrClN2O/c16-14-8-10(17)3-6-13(14)15(20)19(12-4-5-12)9-11-2-1-7-18-11/h3,6,8,11-12,18H,1-2,4-5,7,9H2. The molecule has 2 fully saturated rings. The Morgan fingerprint density at radius 2 is 2.20 bits per heavy atom. The van der Waals surface area contributed by atoms with Crippen LogP contribution in [0.5, 0.6) is 0 Å². The van der Waals surface area contributed by atoms with Gasteiger partial charge in [-0.05, 0) is 66.4 Å². The Balaban J connectivity index is 1.77. The van der Waals surface area contributed by atoms with Crippen LogP contribution in [-0.4, -0.2) is 36.0 Å². The van der Waals surface area contributed by atoms with E-state index in [2.05, 4.69) is 21.2 Å². The van der Waals surface area contributed by atoms with Crippen LogP contribution in [0.25, 0.3) is 0 Å². The molecule has 1 saturated carbocycles. The van der Waals surface area contributed by atoms with Crippen LogP contribution in [-0.2, 0) is 0 Å². The van der Waals surface area contributed by atoms with Crippen molar-refractivity contribution in [2.24, 2.45) is 0 Å². The molecule has 5 heteroatoms. The van der Waals surface area contributed by atoms with E-state index in [1.54, 1.807) is 12.1 Å². The van der Waals surface area contributed by atoms with Crippen molar-refractivity contribution >= 4 is 33.4 Å². The van der Waals surface area contributed by atoms with Crippen LogP contribution in [0.3, 0.4) is 0 Å². The second-order valence-corrected chi connectivity index (χ2v) is 6.90. The van der Waals surface area contributed by atoms with E-state index in [-0.39, 0.29) is 5.91 Å². The maximum absolute atomic E-state index is 12.8. The van der Waals surface area contributed by atoms with Crippen molar-refractivity contribution in [1.82, 2.24) is 10.2 Å². The van der Waals surface area contributed by atoms with Crippen molar-refractivity contribution < 1.29 is 4.79 Å². The maximum atomic E-state index is 12.8. The molecule has 0 spiro atoms. The molecule has 1 aromatic carbocycles. The van der Waals surface area contributed by atoms with Crippen molar-refractivity contribution in [1.29, 1.82) is 0 Å². The minimum Gasteiger partial charge on any atom is -0.334 e. The van der Waals surface area contributed by atoms with Gasteiger partial charge in [0.1, 0.15) is 0 Å². The van der Waals surface area contributed by atoms with Gasteiger partial charge in [-0.25, -0.2) is 0 Å². The smallest absolute Gasteiger partial charge is 0.255 e. The van der Waals surface area contributed by atoms with Crippen molar-refractivity contribution in [3.05, 3.63) is 33.3 Å². The van der Waals surface area contributed by atoms with E-state index < -0.39 is 0 Å². The summed E-state index contributed by atoms with van der Waals surface area (Å²) in [7, 11) is 0. The first-order valence-corrected chi connectivity index (χ1v) is 8.31. The van der Waals surface area contributed by atoms with Gasteiger partial charge in [0.25, 0.3) is 5.91 Å². The summed E-state index contributed by atoms with van der Waals surface area (Å²) < 4.78 is 0.778. The lowest BCUT2D eigenvalue weighted by Crippen LogP contribution is -2.42. The fourth-order valence-corrected chi connectivity index (χ4v) is 3.60. The molecule has 0 bridgehead atoms. The Labute approximate surface area is 132 Å². The first kappa shape index (κ1) is 14.4. The van der Waals surface area contributed by atoms with Gasteiger partial charge in [0.15, 0.2) is 0 Å². The van der Waals surface area contributed by atoms with E-state index in [4.69, 9.17) is 11.6 Å². The molecule has 3 nitrogen and oxygen atoms in total. The van der Waals surface area contributed by atoms with Crippen LogP contribution in [0.4, 0.5) is 0 Å². The summed E-state index contributed by atoms with van der Waals surface area (Å²) >= 11 is 9.40. The number of benzene rings is 1. The van der Waals surface area contributed by atoms with Gasteiger partial charge in [0.05, 0.1) is 5.56 Å². The normalized spacial score (nSPS) is 22.0. The Morgan fingerprint density at radius 1 is 1.40 bits per heavy atom. The zero-order valence-electron chi connectivity index (χ0n) is 11.2. The van der Waals surface area contributed by atoms with Crippen molar-refractivity contribution in [3.8, 4) is 0 Å². The molecule has 0 aromatic heterocycles. The molecule has 1 saturated heterocycles. The van der Waals surface area contributed by atoms with E-state index in [0.29, 0.717) is 22.7 Å². The molecule has 1 aromatic rings. The third-order valence-electron chi connectivity index (χ3n) is 3.99. The van der Waals surface area contributed by atoms with Crippen molar-refractivity contribution in [2.45, 2.75) is 37.8 Å². The molecular weight excluding hydrogens is 340 g/mol. The lowest BCUT2D eigenvalue weighted by Gasteiger charge is -2.26. The first-order chi connectivity index (χ1) is 9.65. The lowest BCUT2D eigenvalue weighted by atomic mass is 10.1. The predicted molar refractivity (Wildman–Crippen MR) is 84.2 cm³/mol. The predicted octanol–water partition coefficient (Wildman–Crippen LogP) is 3.46. The van der Waals surface area contributed by atoms with Crippen LogP contribution in [0, 0.1) is 0 Å². The average Bonchev–Trinajstić information content (AvgIpc) is 3.12. The highest BCUT2D eigenvalue weighted by atomic mass is 79.9. The van der Waals surface area contributed by atoms with Gasteiger partial charge in [0.2, 0.25) is 0 Å². The number of rotatable bonds is 4. The minimum atomic E-state index is 0.116. The first-order valence-electron chi connectivity index (χ1n) is 7.14. The zero-order valence-corrected chi connectivity index (χ0v) is 13.6. The molecule has 3 rings (SSSR count). The van der Waals surface area contributed by atoms with Gasteiger partial charge in [-0.15, -0.1) is 0 Å². The molecule has 20 heavy (non-hydrogen) atoms. The molecule has 1 N–H and O–H groups in total. The SMILES string of the molecule is O=C(c1ccc(Cl)cc1Br)N(CC1CCCN1)C1CC1. The number of amides is 1. The van der Waals surface area contributed by atoms with Crippen LogP contribution in [0.2, 0.25) is 5.02 Å². The fraction of sp³-hybridized carbons (Fsp3) is 0.533. The van der Waals surface area contributed by atoms with Gasteiger partial charge in [-0.3, -0.25) is 4.79 Å². The van der Waals surface area contributed by atoms with Gasteiger partial charge in [-0.1, -0.05) is 11.6 Å². The monoisotopic (exact) mass is 356 g/mol. The molecule has 1 aliphatic heterocycles. The third-order valence-corrected chi connectivity index (χ3v) is 4.88. The van der Waals surface area contributed by atoms with Crippen LogP contribution >= 0.6 is 27.5 Å². The van der Waals surface area contributed by atoms with E-state index >= 15 is 0 Å². The van der Waals surface area contributed by atoms with Gasteiger partial charge in [-0.2, -0.15) is 0 Å². The van der Waals surface area contributed by atoms with E-state index in [9.17, 15) is 4.79 Å². The summed E-state index contributed by atoms with van der Waals surface area (Å²) in [5.41, 5.74) is 0.708. The van der Waals surface area contributed by atoms with Gasteiger partial charge < -0.3 is 10.2 Å². The summed E-state index contributed by atoms with van der Waals surface area (Å²) in [4.78, 5) is 14.8. The summed E-state index contributed by atoms with van der Waals surface area (Å²) in [5, 5.41) is 4.12. The van der Waals surface area contributed by atoms with Crippen molar-refractivity contribution in [2.75, 3.05) is 13.1 Å². The Hall–Kier alpha value is -0.580. The van der Waals surface area contributed by atoms with Gasteiger partial charge >= 0.3 is 0 Å². The summed E-state index contributed by atoms with van der Waals surface area (Å²) in [6.07, 6.45) is 4.63. The number of carbonyl (C=O) groups is 1. The Kier molecular flexibility index (Phi) is 4.34. The average molecular weight is 358 g/mol. The second kappa shape index (κ2) is 6.04. The summed E-state index contributed by atoms with van der Waals surface area (Å²) in [6.45, 7) is 1.89. The Bertz CT molecular complexity index is 513. The molecule has 1 amide bonds. The molecule has 1 atom stereocenters. The lowest BCUT2D eigenvalue weighted by molar-refractivity contribution is 0.0727. The highest BCUT2D eigenvalue weighted by Crippen LogP contribution is 2.31. The highest BCUT2D eigenvalue weighted by Gasteiger charge is 2.35. The highest BCUT2D eigenvalue weighted by molar-refractivity contribution is 9.10. The minimum absolute atomic E-state index is 0.116. The number of halogens is 2. The van der Waals surface area contributed by atoms with Gasteiger partial charge in [0, 0.05) is 28.1 Å². The molecule has 1 aliphatic carbocycles. The number of hydrogen-bond donors (Lipinski definition) is 1. The number of nitrogens with zero attached hydrogens (tertiary/aromatic N) is 1.